The fraction of sp³-hybridized carbons (Fsp3) is 0.400. The van der Waals surface area contributed by atoms with Gasteiger partial charge in [0.2, 0.25) is 5.50 Å². The minimum atomic E-state index is -0.147. The van der Waals surface area contributed by atoms with Gasteiger partial charge in [0.25, 0.3) is 0 Å². The largest absolute Gasteiger partial charge is 0.465 e. The second kappa shape index (κ2) is 6.93. The summed E-state index contributed by atoms with van der Waals surface area (Å²) in [5, 5.41) is -0.147. The molecule has 0 N–H and O–H groups in total. The Balaban J connectivity index is 1.29. The summed E-state index contributed by atoms with van der Waals surface area (Å²) in [6.45, 7) is 7.92. The molecule has 4 aliphatic heterocycles. The average molecular weight is 452 g/mol. The molecule has 6 nitrogen and oxygen atoms in total. The van der Waals surface area contributed by atoms with Gasteiger partial charge in [-0.15, -0.1) is 0 Å². The predicted octanol–water partition coefficient (Wildman–Crippen LogP) is 4.00. The molecule has 1 aliphatic carbocycles. The van der Waals surface area contributed by atoms with Gasteiger partial charge >= 0.3 is 5.97 Å². The lowest BCUT2D eigenvalue weighted by atomic mass is 9.98. The van der Waals surface area contributed by atoms with Crippen LogP contribution in [0, 0.1) is 0 Å². The van der Waals surface area contributed by atoms with E-state index in [9.17, 15) is 4.79 Å². The Morgan fingerprint density at radius 3 is 2.88 bits per heavy atom. The van der Waals surface area contributed by atoms with Crippen LogP contribution >= 0.6 is 11.8 Å². The van der Waals surface area contributed by atoms with E-state index < -0.39 is 0 Å². The highest BCUT2D eigenvalue weighted by Gasteiger charge is 2.53. The number of allylic oxidation sites excluding steroid dienone is 2. The number of esters is 1. The summed E-state index contributed by atoms with van der Waals surface area (Å²) in [5.74, 6) is 3.93. The third-order valence-electron chi connectivity index (χ3n) is 6.78. The van der Waals surface area contributed by atoms with Gasteiger partial charge in [0.05, 0.1) is 32.2 Å². The average Bonchev–Trinajstić information content (AvgIpc) is 3.67. The van der Waals surface area contributed by atoms with Gasteiger partial charge in [-0.3, -0.25) is 9.28 Å². The Bertz CT molecular complexity index is 1150. The van der Waals surface area contributed by atoms with Crippen LogP contribution < -0.4 is 4.90 Å². The third kappa shape index (κ3) is 3.02. The molecule has 0 bridgehead atoms. The lowest BCUT2D eigenvalue weighted by Crippen LogP contribution is -2.53. The number of para-hydroxylation sites is 1. The lowest BCUT2D eigenvalue weighted by Gasteiger charge is -2.37. The van der Waals surface area contributed by atoms with Crippen LogP contribution in [-0.4, -0.2) is 55.0 Å². The first kappa shape index (κ1) is 20.0. The van der Waals surface area contributed by atoms with Crippen LogP contribution in [0.2, 0.25) is 0 Å². The third-order valence-corrected chi connectivity index (χ3v) is 8.52. The van der Waals surface area contributed by atoms with Crippen molar-refractivity contribution in [3.63, 3.8) is 0 Å². The highest BCUT2D eigenvalue weighted by molar-refractivity contribution is 8.01. The number of fused-ring (bicyclic) bond motifs is 1. The Morgan fingerprint density at radius 1 is 1.25 bits per heavy atom. The molecule has 2 unspecified atom stereocenters. The van der Waals surface area contributed by atoms with Crippen LogP contribution in [0.25, 0.3) is 0 Å². The summed E-state index contributed by atoms with van der Waals surface area (Å²) in [6, 6.07) is 8.56. The van der Waals surface area contributed by atoms with E-state index in [4.69, 9.17) is 14.2 Å². The Kier molecular flexibility index (Phi) is 4.33. The molecule has 7 heteroatoms. The van der Waals surface area contributed by atoms with E-state index in [1.54, 1.807) is 11.8 Å². The molecule has 1 aromatic carbocycles. The number of carbonyl (C=O) groups excluding carboxylic acids is 1. The Morgan fingerprint density at radius 2 is 2.06 bits per heavy atom. The van der Waals surface area contributed by atoms with Gasteiger partial charge in [-0.2, -0.15) is 0 Å². The van der Waals surface area contributed by atoms with Crippen molar-refractivity contribution in [3.05, 3.63) is 76.7 Å². The zero-order chi connectivity index (χ0) is 22.2. The first-order chi connectivity index (χ1) is 15.4. The number of hydrogen-bond donors (Lipinski definition) is 0. The van der Waals surface area contributed by atoms with Gasteiger partial charge in [0.15, 0.2) is 28.3 Å². The molecule has 3 atom stereocenters. The van der Waals surface area contributed by atoms with E-state index >= 15 is 0 Å². The number of ether oxygens (including phenoxy) is 3. The highest BCUT2D eigenvalue weighted by atomic mass is 32.2. The van der Waals surface area contributed by atoms with Gasteiger partial charge in [0.1, 0.15) is 6.54 Å². The summed E-state index contributed by atoms with van der Waals surface area (Å²) >= 11 is 1.72. The lowest BCUT2D eigenvalue weighted by molar-refractivity contribution is -0.893. The Hall–Kier alpha value is -2.64. The molecule has 1 saturated heterocycles. The summed E-state index contributed by atoms with van der Waals surface area (Å²) in [6.07, 6.45) is 2.97. The smallest absolute Gasteiger partial charge is 0.325 e. The monoisotopic (exact) mass is 451 g/mol. The number of carbonyl (C=O) groups is 1. The number of thioether (sulfide) groups is 1. The predicted molar refractivity (Wildman–Crippen MR) is 123 cm³/mol. The highest BCUT2D eigenvalue weighted by Crippen LogP contribution is 2.56. The van der Waals surface area contributed by atoms with E-state index in [1.807, 2.05) is 6.92 Å². The second-order valence-corrected chi connectivity index (χ2v) is 10.7. The molecular formula is C25H27N2O4S+. The van der Waals surface area contributed by atoms with Crippen LogP contribution in [0.4, 0.5) is 5.69 Å². The normalized spacial score (nSPS) is 29.2. The summed E-state index contributed by atoms with van der Waals surface area (Å²) < 4.78 is 17.8. The molecule has 0 spiro atoms. The summed E-state index contributed by atoms with van der Waals surface area (Å²) in [4.78, 5) is 14.9. The number of anilines is 1. The first-order valence-electron chi connectivity index (χ1n) is 11.1. The summed E-state index contributed by atoms with van der Waals surface area (Å²) in [5.41, 5.74) is 4.76. The molecule has 1 aromatic rings. The van der Waals surface area contributed by atoms with Gasteiger partial charge in [-0.05, 0) is 30.5 Å². The van der Waals surface area contributed by atoms with Gasteiger partial charge < -0.3 is 19.1 Å². The SMILES string of the molecule is C=C1CC=C(C2=C(C3CN([C@@H]4SC(C(=O)OCC)C[N+]4(C)C)c4ccccc43)O2)C2=C1O2. The molecule has 32 heavy (non-hydrogen) atoms. The molecule has 6 rings (SSSR count). The van der Waals surface area contributed by atoms with Gasteiger partial charge in [-0.25, -0.2) is 0 Å². The number of nitrogens with zero attached hydrogens (tertiary/aromatic N) is 2. The van der Waals surface area contributed by atoms with E-state index in [-0.39, 0.29) is 22.6 Å². The molecule has 0 aromatic heterocycles. The minimum absolute atomic E-state index is 0.106. The number of quaternary nitrogens is 1. The second-order valence-electron chi connectivity index (χ2n) is 9.41. The van der Waals surface area contributed by atoms with E-state index in [0.29, 0.717) is 6.61 Å². The van der Waals surface area contributed by atoms with Crippen molar-refractivity contribution < 1.29 is 23.5 Å². The van der Waals surface area contributed by atoms with Crippen molar-refractivity contribution in [2.75, 3.05) is 38.7 Å². The van der Waals surface area contributed by atoms with E-state index in [2.05, 4.69) is 55.9 Å². The quantitative estimate of drug-likeness (QED) is 0.498. The van der Waals surface area contributed by atoms with E-state index in [0.717, 1.165) is 58.2 Å². The topological polar surface area (TPSA) is 54.6 Å². The molecule has 1 fully saturated rings. The van der Waals surface area contributed by atoms with Crippen LogP contribution in [0.5, 0.6) is 0 Å². The number of benzene rings is 1. The molecule has 0 amide bonds. The maximum absolute atomic E-state index is 12.5. The van der Waals surface area contributed by atoms with Crippen LogP contribution in [-0.2, 0) is 19.0 Å². The molecule has 0 radical (unpaired) electrons. The van der Waals surface area contributed by atoms with Crippen molar-refractivity contribution in [2.45, 2.75) is 30.0 Å². The summed E-state index contributed by atoms with van der Waals surface area (Å²) in [7, 11) is 4.40. The molecule has 0 saturated carbocycles. The Labute approximate surface area is 192 Å². The first-order valence-corrected chi connectivity index (χ1v) is 12.1. The maximum atomic E-state index is 12.5. The molecule has 5 aliphatic rings. The van der Waals surface area contributed by atoms with E-state index in [1.165, 1.54) is 11.3 Å². The van der Waals surface area contributed by atoms with Crippen molar-refractivity contribution in [1.82, 2.24) is 0 Å². The van der Waals surface area contributed by atoms with Crippen LogP contribution in [0.3, 0.4) is 0 Å². The number of hydrogen-bond acceptors (Lipinski definition) is 6. The van der Waals surface area contributed by atoms with Crippen molar-refractivity contribution in [2.24, 2.45) is 0 Å². The van der Waals surface area contributed by atoms with Crippen LogP contribution in [0.1, 0.15) is 24.8 Å². The molecular weight excluding hydrogens is 424 g/mol. The van der Waals surface area contributed by atoms with Gasteiger partial charge in [0, 0.05) is 12.2 Å². The van der Waals surface area contributed by atoms with Gasteiger partial charge in [-0.1, -0.05) is 42.6 Å². The van der Waals surface area contributed by atoms with Crippen molar-refractivity contribution in [3.8, 4) is 0 Å². The molecule has 4 heterocycles. The zero-order valence-corrected chi connectivity index (χ0v) is 19.4. The number of rotatable bonds is 5. The van der Waals surface area contributed by atoms with Crippen molar-refractivity contribution >= 4 is 23.4 Å². The standard InChI is InChI=1S/C25H27N2O4S/c1-5-29-24(28)19-13-27(3,4)25(32-19)26-12-17(15-8-6-7-9-18(15)26)23-22(31-23)16-11-10-14(2)20-21(16)30-20/h6-9,11,17,19,25H,2,5,10,12-13H2,1,3-4H3/q+1/t17?,19?,25-/m0/s1. The molecule has 166 valence electrons. The maximum Gasteiger partial charge on any atom is 0.325 e. The zero-order valence-electron chi connectivity index (χ0n) is 18.6. The fourth-order valence-corrected chi connectivity index (χ4v) is 6.86. The van der Waals surface area contributed by atoms with Crippen LogP contribution in [0.15, 0.2) is 71.1 Å². The fourth-order valence-electron chi connectivity index (χ4n) is 5.15. The minimum Gasteiger partial charge on any atom is -0.465 e. The van der Waals surface area contributed by atoms with Crippen molar-refractivity contribution in [1.29, 1.82) is 0 Å².